The van der Waals surface area contributed by atoms with Gasteiger partial charge in [-0.1, -0.05) is 0 Å². The number of rotatable bonds is 1. The van der Waals surface area contributed by atoms with E-state index in [1.807, 2.05) is 6.07 Å². The minimum absolute atomic E-state index is 0.861. The number of pyridine rings is 1. The zero-order valence-corrected chi connectivity index (χ0v) is 8.34. The highest BCUT2D eigenvalue weighted by atomic mass is 32.1. The lowest BCUT2D eigenvalue weighted by Crippen LogP contribution is -2.20. The summed E-state index contributed by atoms with van der Waals surface area (Å²) in [6, 6.07) is 6.20. The molecule has 0 atom stereocenters. The molecule has 4 heteroatoms. The Morgan fingerprint density at radius 3 is 3.14 bits per heavy atom. The molecule has 0 aromatic carbocycles. The van der Waals surface area contributed by atoms with Crippen molar-refractivity contribution in [3.05, 3.63) is 29.3 Å². The zero-order chi connectivity index (χ0) is 9.38. The summed E-state index contributed by atoms with van der Waals surface area (Å²) < 4.78 is 0. The van der Waals surface area contributed by atoms with E-state index in [1.165, 1.54) is 5.39 Å². The summed E-state index contributed by atoms with van der Waals surface area (Å²) in [6.07, 6.45) is 0. The fourth-order valence-electron chi connectivity index (χ4n) is 1.55. The summed E-state index contributed by atoms with van der Waals surface area (Å²) in [6.45, 7) is 1.79. The number of fused-ring (bicyclic) bond motifs is 1. The van der Waals surface area contributed by atoms with Crippen LogP contribution in [0.25, 0.3) is 10.2 Å². The predicted octanol–water partition coefficient (Wildman–Crippen LogP) is 1.65. The second-order valence-corrected chi connectivity index (χ2v) is 4.06. The largest absolute Gasteiger partial charge is 0.367 e. The fraction of sp³-hybridized carbons (Fsp3) is 0.200. The van der Waals surface area contributed by atoms with E-state index in [-0.39, 0.29) is 0 Å². The molecule has 0 amide bonds. The Morgan fingerprint density at radius 1 is 1.29 bits per heavy atom. The lowest BCUT2D eigenvalue weighted by molar-refractivity contribution is 0.959. The third-order valence-electron chi connectivity index (χ3n) is 2.23. The van der Waals surface area contributed by atoms with Crippen LogP contribution in [0.4, 0.5) is 0 Å². The van der Waals surface area contributed by atoms with Crippen LogP contribution < -0.4 is 5.32 Å². The first-order chi connectivity index (χ1) is 6.93. The third-order valence-corrected chi connectivity index (χ3v) is 3.06. The number of hydrogen-bond acceptors (Lipinski definition) is 4. The molecule has 0 aliphatic carbocycles. The summed E-state index contributed by atoms with van der Waals surface area (Å²) >= 11 is 1.67. The van der Waals surface area contributed by atoms with Gasteiger partial charge in [-0.05, 0) is 23.6 Å². The van der Waals surface area contributed by atoms with Crippen LogP contribution in [-0.2, 0) is 0 Å². The van der Waals surface area contributed by atoms with E-state index in [1.54, 1.807) is 11.3 Å². The molecule has 1 N–H and O–H groups in total. The molecule has 14 heavy (non-hydrogen) atoms. The van der Waals surface area contributed by atoms with Gasteiger partial charge in [0.15, 0.2) is 0 Å². The van der Waals surface area contributed by atoms with Crippen LogP contribution in [0.5, 0.6) is 0 Å². The zero-order valence-electron chi connectivity index (χ0n) is 7.53. The molecule has 70 valence electrons. The molecule has 3 nitrogen and oxygen atoms in total. The lowest BCUT2D eigenvalue weighted by atomic mass is 10.3. The molecule has 2 aromatic rings. The van der Waals surface area contributed by atoms with Gasteiger partial charge in [-0.2, -0.15) is 0 Å². The Kier molecular flexibility index (Phi) is 1.73. The molecule has 0 saturated carbocycles. The van der Waals surface area contributed by atoms with Crippen molar-refractivity contribution >= 4 is 27.4 Å². The SMILES string of the molecule is c1cc2ccc(C3=NCCN3)nc2s1. The van der Waals surface area contributed by atoms with Gasteiger partial charge in [0.05, 0.1) is 6.54 Å². The van der Waals surface area contributed by atoms with Crippen LogP contribution in [0, 0.1) is 0 Å². The average Bonchev–Trinajstić information content (AvgIpc) is 2.88. The van der Waals surface area contributed by atoms with Crippen molar-refractivity contribution in [3.63, 3.8) is 0 Å². The Hall–Kier alpha value is -1.42. The first-order valence-electron chi connectivity index (χ1n) is 4.56. The third kappa shape index (κ3) is 1.19. The minimum Gasteiger partial charge on any atom is -0.367 e. The van der Waals surface area contributed by atoms with Gasteiger partial charge in [0, 0.05) is 11.9 Å². The maximum Gasteiger partial charge on any atom is 0.147 e. The van der Waals surface area contributed by atoms with E-state index >= 15 is 0 Å². The smallest absolute Gasteiger partial charge is 0.147 e. The van der Waals surface area contributed by atoms with Gasteiger partial charge in [-0.15, -0.1) is 11.3 Å². The molecule has 2 aromatic heterocycles. The number of nitrogens with zero attached hydrogens (tertiary/aromatic N) is 2. The van der Waals surface area contributed by atoms with Gasteiger partial charge in [0.2, 0.25) is 0 Å². The Balaban J connectivity index is 2.13. The van der Waals surface area contributed by atoms with Crippen LogP contribution in [0.2, 0.25) is 0 Å². The van der Waals surface area contributed by atoms with Crippen molar-refractivity contribution in [1.82, 2.24) is 10.3 Å². The summed E-state index contributed by atoms with van der Waals surface area (Å²) in [5.41, 5.74) is 0.956. The van der Waals surface area contributed by atoms with Gasteiger partial charge >= 0.3 is 0 Å². The number of amidine groups is 1. The maximum absolute atomic E-state index is 4.54. The maximum atomic E-state index is 4.54. The van der Waals surface area contributed by atoms with E-state index in [0.717, 1.165) is 29.4 Å². The number of aliphatic imine (C=N–C) groups is 1. The summed E-state index contributed by atoms with van der Waals surface area (Å²) in [4.78, 5) is 9.97. The molecule has 0 unspecified atom stereocenters. The molecular weight excluding hydrogens is 194 g/mol. The van der Waals surface area contributed by atoms with E-state index in [4.69, 9.17) is 0 Å². The molecule has 1 aliphatic rings. The van der Waals surface area contributed by atoms with Crippen molar-refractivity contribution < 1.29 is 0 Å². The summed E-state index contributed by atoms with van der Waals surface area (Å²) in [5, 5.41) is 6.49. The van der Waals surface area contributed by atoms with Crippen LogP contribution in [0.3, 0.4) is 0 Å². The summed E-state index contributed by atoms with van der Waals surface area (Å²) in [5.74, 6) is 0.931. The quantitative estimate of drug-likeness (QED) is 0.765. The molecule has 3 heterocycles. The molecule has 0 radical (unpaired) electrons. The van der Waals surface area contributed by atoms with E-state index in [2.05, 4.69) is 32.8 Å². The summed E-state index contributed by atoms with van der Waals surface area (Å²) in [7, 11) is 0. The topological polar surface area (TPSA) is 37.3 Å². The molecule has 0 fully saturated rings. The van der Waals surface area contributed by atoms with E-state index in [0.29, 0.717) is 0 Å². The Labute approximate surface area is 85.5 Å². The highest BCUT2D eigenvalue weighted by molar-refractivity contribution is 7.16. The van der Waals surface area contributed by atoms with Crippen molar-refractivity contribution in [2.45, 2.75) is 0 Å². The monoisotopic (exact) mass is 203 g/mol. The van der Waals surface area contributed by atoms with E-state index in [9.17, 15) is 0 Å². The standard InChI is InChI=1S/C10H9N3S/c1-2-8(9-11-4-5-12-9)13-10-7(1)3-6-14-10/h1-3,6H,4-5H2,(H,11,12). The first kappa shape index (κ1) is 7.94. The second kappa shape index (κ2) is 3.06. The average molecular weight is 203 g/mol. The highest BCUT2D eigenvalue weighted by Gasteiger charge is 2.09. The normalized spacial score (nSPS) is 15.6. The van der Waals surface area contributed by atoms with Gasteiger partial charge in [-0.25, -0.2) is 4.98 Å². The molecule has 0 bridgehead atoms. The van der Waals surface area contributed by atoms with Crippen LogP contribution in [-0.4, -0.2) is 23.9 Å². The van der Waals surface area contributed by atoms with Crippen molar-refractivity contribution in [1.29, 1.82) is 0 Å². The van der Waals surface area contributed by atoms with Gasteiger partial charge in [-0.3, -0.25) is 4.99 Å². The van der Waals surface area contributed by atoms with Gasteiger partial charge in [0.25, 0.3) is 0 Å². The van der Waals surface area contributed by atoms with Gasteiger partial charge in [0.1, 0.15) is 16.4 Å². The fourth-order valence-corrected chi connectivity index (χ4v) is 2.31. The Bertz CT molecular complexity index is 501. The molecule has 3 rings (SSSR count). The lowest BCUT2D eigenvalue weighted by Gasteiger charge is -2.00. The second-order valence-electron chi connectivity index (χ2n) is 3.17. The number of aromatic nitrogens is 1. The number of hydrogen-bond donors (Lipinski definition) is 1. The van der Waals surface area contributed by atoms with Crippen LogP contribution in [0.1, 0.15) is 5.69 Å². The predicted molar refractivity (Wildman–Crippen MR) is 59.0 cm³/mol. The van der Waals surface area contributed by atoms with E-state index < -0.39 is 0 Å². The highest BCUT2D eigenvalue weighted by Crippen LogP contribution is 2.18. The Morgan fingerprint density at radius 2 is 2.29 bits per heavy atom. The van der Waals surface area contributed by atoms with Gasteiger partial charge < -0.3 is 5.32 Å². The minimum atomic E-state index is 0.861. The van der Waals surface area contributed by atoms with Crippen molar-refractivity contribution in [2.24, 2.45) is 4.99 Å². The van der Waals surface area contributed by atoms with Crippen molar-refractivity contribution in [3.8, 4) is 0 Å². The number of nitrogens with one attached hydrogen (secondary N) is 1. The first-order valence-corrected chi connectivity index (χ1v) is 5.44. The van der Waals surface area contributed by atoms with Crippen molar-refractivity contribution in [2.75, 3.05) is 13.1 Å². The molecular formula is C10H9N3S. The molecule has 1 aliphatic heterocycles. The molecule has 0 saturated heterocycles. The number of thiophene rings is 1. The van der Waals surface area contributed by atoms with Crippen LogP contribution in [0.15, 0.2) is 28.6 Å². The molecule has 0 spiro atoms. The van der Waals surface area contributed by atoms with Crippen LogP contribution >= 0.6 is 11.3 Å².